The van der Waals surface area contributed by atoms with E-state index < -0.39 is 8.07 Å². The first-order valence-electron chi connectivity index (χ1n) is 8.09. The van der Waals surface area contributed by atoms with Crippen molar-refractivity contribution in [3.8, 4) is 0 Å². The van der Waals surface area contributed by atoms with Gasteiger partial charge < -0.3 is 4.74 Å². The minimum absolute atomic E-state index is 0.0501. The summed E-state index contributed by atoms with van der Waals surface area (Å²) in [5.74, 6) is 0. The van der Waals surface area contributed by atoms with Crippen LogP contribution in [0.3, 0.4) is 0 Å². The fourth-order valence-corrected chi connectivity index (χ4v) is 5.02. The van der Waals surface area contributed by atoms with Gasteiger partial charge in [0.05, 0.1) is 12.2 Å². The maximum absolute atomic E-state index is 6.17. The molecule has 0 radical (unpaired) electrons. The third kappa shape index (κ3) is 4.42. The summed E-state index contributed by atoms with van der Waals surface area (Å²) in [4.78, 5) is 0. The first kappa shape index (κ1) is 16.3. The van der Waals surface area contributed by atoms with Crippen LogP contribution in [0.1, 0.15) is 32.1 Å². The van der Waals surface area contributed by atoms with Crippen LogP contribution >= 0.6 is 0 Å². The molecule has 0 spiro atoms. The van der Waals surface area contributed by atoms with Crippen LogP contribution in [0.25, 0.3) is 0 Å². The fraction of sp³-hybridized carbons (Fsp3) is 0.474. The molecule has 1 aromatic rings. The second-order valence-corrected chi connectivity index (χ2v) is 11.0. The van der Waals surface area contributed by atoms with Crippen molar-refractivity contribution >= 4 is 13.3 Å². The van der Waals surface area contributed by atoms with Gasteiger partial charge in [-0.2, -0.15) is 0 Å². The lowest BCUT2D eigenvalue weighted by Crippen LogP contribution is -2.41. The molecule has 21 heavy (non-hydrogen) atoms. The van der Waals surface area contributed by atoms with E-state index in [-0.39, 0.29) is 5.60 Å². The van der Waals surface area contributed by atoms with Crippen molar-refractivity contribution in [2.45, 2.75) is 50.8 Å². The summed E-state index contributed by atoms with van der Waals surface area (Å²) < 4.78 is 6.17. The first-order chi connectivity index (χ1) is 10.1. The highest BCUT2D eigenvalue weighted by Gasteiger charge is 2.31. The van der Waals surface area contributed by atoms with Gasteiger partial charge in [-0.25, -0.2) is 0 Å². The summed E-state index contributed by atoms with van der Waals surface area (Å²) in [5.41, 5.74) is 2.42. The van der Waals surface area contributed by atoms with Crippen molar-refractivity contribution in [2.75, 3.05) is 6.61 Å². The smallest absolute Gasteiger partial charge is 0.103 e. The number of hydrogen-bond donors (Lipinski definition) is 0. The van der Waals surface area contributed by atoms with Gasteiger partial charge in [0.15, 0.2) is 0 Å². The second-order valence-electron chi connectivity index (χ2n) is 6.65. The van der Waals surface area contributed by atoms with Crippen LogP contribution in [0, 0.1) is 0 Å². The third-order valence-corrected chi connectivity index (χ3v) is 7.33. The molecular formula is C19H28OSi. The zero-order chi connectivity index (χ0) is 15.2. The van der Waals surface area contributed by atoms with E-state index >= 15 is 0 Å². The summed E-state index contributed by atoms with van der Waals surface area (Å²) in [7, 11) is -1.54. The van der Waals surface area contributed by atoms with Gasteiger partial charge in [0.2, 0.25) is 0 Å². The largest absolute Gasteiger partial charge is 0.367 e. The van der Waals surface area contributed by atoms with Crippen LogP contribution in [0.5, 0.6) is 0 Å². The van der Waals surface area contributed by atoms with Crippen LogP contribution in [0.4, 0.5) is 0 Å². The molecule has 0 aromatic heterocycles. The molecule has 114 valence electrons. The maximum atomic E-state index is 6.17. The molecule has 0 atom stereocenters. The summed E-state index contributed by atoms with van der Waals surface area (Å²) in [5, 5.41) is 1.48. The standard InChI is InChI=1S/C19H28OSi/c1-4-16-20-19(13-9-6-10-14-19)15-17-21(2,3)18-11-7-5-8-12-18/h4-5,7-8,11-12,15,17H,1,6,9-10,13-14,16H2,2-3H3/b17-15+. The lowest BCUT2D eigenvalue weighted by molar-refractivity contribution is -0.0185. The Morgan fingerprint density at radius 2 is 1.81 bits per heavy atom. The SMILES string of the molecule is C=CCOC1(/C=C/[Si](C)(C)c2ccccc2)CCCCC1. The number of hydrogen-bond acceptors (Lipinski definition) is 1. The Kier molecular flexibility index (Phi) is 5.60. The molecule has 0 heterocycles. The van der Waals surface area contributed by atoms with E-state index in [0.29, 0.717) is 6.61 Å². The van der Waals surface area contributed by atoms with Crippen molar-refractivity contribution in [3.05, 3.63) is 54.8 Å². The van der Waals surface area contributed by atoms with Crippen molar-refractivity contribution in [2.24, 2.45) is 0 Å². The third-order valence-electron chi connectivity index (χ3n) is 4.51. The highest BCUT2D eigenvalue weighted by Crippen LogP contribution is 2.33. The van der Waals surface area contributed by atoms with Crippen LogP contribution in [-0.4, -0.2) is 20.3 Å². The Balaban J connectivity index is 2.16. The van der Waals surface area contributed by atoms with Crippen molar-refractivity contribution in [1.29, 1.82) is 0 Å². The van der Waals surface area contributed by atoms with E-state index in [1.54, 1.807) is 0 Å². The zero-order valence-electron chi connectivity index (χ0n) is 13.5. The van der Waals surface area contributed by atoms with Gasteiger partial charge in [-0.1, -0.05) is 85.7 Å². The van der Waals surface area contributed by atoms with Crippen LogP contribution in [0.15, 0.2) is 54.8 Å². The molecule has 2 heteroatoms. The molecule has 0 bridgehead atoms. The Bertz CT molecular complexity index is 470. The summed E-state index contributed by atoms with van der Waals surface area (Å²) >= 11 is 0. The second kappa shape index (κ2) is 7.23. The minimum atomic E-state index is -1.54. The van der Waals surface area contributed by atoms with Crippen LogP contribution in [0.2, 0.25) is 13.1 Å². The summed E-state index contributed by atoms with van der Waals surface area (Å²) in [6.45, 7) is 9.25. The molecule has 0 unspecified atom stereocenters. The topological polar surface area (TPSA) is 9.23 Å². The highest BCUT2D eigenvalue weighted by molar-refractivity contribution is 6.93. The lowest BCUT2D eigenvalue weighted by atomic mass is 9.85. The summed E-state index contributed by atoms with van der Waals surface area (Å²) in [6.07, 6.45) is 10.4. The van der Waals surface area contributed by atoms with E-state index in [0.717, 1.165) is 12.8 Å². The predicted molar refractivity (Wildman–Crippen MR) is 94.7 cm³/mol. The monoisotopic (exact) mass is 300 g/mol. The summed E-state index contributed by atoms with van der Waals surface area (Å²) in [6, 6.07) is 10.9. The molecule has 1 aliphatic rings. The number of benzene rings is 1. The van der Waals surface area contributed by atoms with E-state index in [4.69, 9.17) is 4.74 Å². The fourth-order valence-electron chi connectivity index (χ4n) is 3.06. The number of rotatable bonds is 6. The van der Waals surface area contributed by atoms with Crippen LogP contribution < -0.4 is 5.19 Å². The van der Waals surface area contributed by atoms with Gasteiger partial charge in [-0.15, -0.1) is 6.58 Å². The Hall–Kier alpha value is -1.12. The average molecular weight is 301 g/mol. The minimum Gasteiger partial charge on any atom is -0.367 e. The van der Waals surface area contributed by atoms with Crippen molar-refractivity contribution in [3.63, 3.8) is 0 Å². The molecule has 1 aromatic carbocycles. The van der Waals surface area contributed by atoms with Gasteiger partial charge in [-0.05, 0) is 12.8 Å². The van der Waals surface area contributed by atoms with E-state index in [2.05, 4.69) is 61.8 Å². The molecule has 1 nitrogen and oxygen atoms in total. The van der Waals surface area contributed by atoms with E-state index in [9.17, 15) is 0 Å². The molecule has 0 amide bonds. The van der Waals surface area contributed by atoms with Crippen molar-refractivity contribution < 1.29 is 4.74 Å². The molecule has 0 saturated heterocycles. The first-order valence-corrected chi connectivity index (χ1v) is 11.2. The molecule has 1 saturated carbocycles. The molecule has 2 rings (SSSR count). The van der Waals surface area contributed by atoms with Gasteiger partial charge in [0, 0.05) is 0 Å². The lowest BCUT2D eigenvalue weighted by Gasteiger charge is -2.35. The van der Waals surface area contributed by atoms with E-state index in [1.807, 2.05) is 6.08 Å². The highest BCUT2D eigenvalue weighted by atomic mass is 28.3. The molecular weight excluding hydrogens is 272 g/mol. The van der Waals surface area contributed by atoms with Gasteiger partial charge in [0.25, 0.3) is 0 Å². The van der Waals surface area contributed by atoms with Crippen LogP contribution in [-0.2, 0) is 4.74 Å². The molecule has 0 N–H and O–H groups in total. The van der Waals surface area contributed by atoms with Gasteiger partial charge >= 0.3 is 0 Å². The molecule has 0 aliphatic heterocycles. The normalized spacial score (nSPS) is 18.8. The average Bonchev–Trinajstić information content (AvgIpc) is 2.53. The Morgan fingerprint density at radius 3 is 2.43 bits per heavy atom. The van der Waals surface area contributed by atoms with Gasteiger partial charge in [0.1, 0.15) is 8.07 Å². The predicted octanol–water partition coefficient (Wildman–Crippen LogP) is 4.60. The molecule has 1 fully saturated rings. The van der Waals surface area contributed by atoms with Gasteiger partial charge in [-0.3, -0.25) is 0 Å². The molecule has 1 aliphatic carbocycles. The van der Waals surface area contributed by atoms with Crippen molar-refractivity contribution in [1.82, 2.24) is 0 Å². The maximum Gasteiger partial charge on any atom is 0.103 e. The Labute approximate surface area is 130 Å². The zero-order valence-corrected chi connectivity index (χ0v) is 14.5. The quantitative estimate of drug-likeness (QED) is 0.551. The van der Waals surface area contributed by atoms with E-state index in [1.165, 1.54) is 24.4 Å². The Morgan fingerprint density at radius 1 is 1.14 bits per heavy atom. The number of ether oxygens (including phenoxy) is 1.